The molecule has 1 aliphatic carbocycles. The van der Waals surface area contributed by atoms with Gasteiger partial charge in [0.15, 0.2) is 0 Å². The summed E-state index contributed by atoms with van der Waals surface area (Å²) in [6.07, 6.45) is 1.75. The molecule has 2 aromatic carbocycles. The van der Waals surface area contributed by atoms with Crippen LogP contribution in [0.25, 0.3) is 0 Å². The SMILES string of the molecule is Cc1cccc(C(O)C2CCc3ccccc32)c1C. The molecule has 1 N–H and O–H groups in total. The molecule has 2 unspecified atom stereocenters. The molecule has 0 heterocycles. The summed E-state index contributed by atoms with van der Waals surface area (Å²) in [5, 5.41) is 10.8. The zero-order valence-corrected chi connectivity index (χ0v) is 11.6. The van der Waals surface area contributed by atoms with E-state index in [1.165, 1.54) is 22.3 Å². The fourth-order valence-corrected chi connectivity index (χ4v) is 3.23. The Labute approximate surface area is 114 Å². The second-order valence-corrected chi connectivity index (χ2v) is 5.58. The number of benzene rings is 2. The van der Waals surface area contributed by atoms with Crippen LogP contribution in [0.1, 0.15) is 46.3 Å². The fourth-order valence-electron chi connectivity index (χ4n) is 3.23. The number of aliphatic hydroxyl groups excluding tert-OH is 1. The minimum Gasteiger partial charge on any atom is -0.388 e. The van der Waals surface area contributed by atoms with E-state index in [-0.39, 0.29) is 12.0 Å². The molecule has 19 heavy (non-hydrogen) atoms. The van der Waals surface area contributed by atoms with E-state index in [2.05, 4.69) is 50.2 Å². The van der Waals surface area contributed by atoms with Crippen LogP contribution < -0.4 is 0 Å². The topological polar surface area (TPSA) is 20.2 Å². The quantitative estimate of drug-likeness (QED) is 0.854. The lowest BCUT2D eigenvalue weighted by molar-refractivity contribution is 0.144. The van der Waals surface area contributed by atoms with E-state index >= 15 is 0 Å². The first-order valence-electron chi connectivity index (χ1n) is 7.00. The highest BCUT2D eigenvalue weighted by molar-refractivity contribution is 5.41. The van der Waals surface area contributed by atoms with Crippen LogP contribution in [0.15, 0.2) is 42.5 Å². The summed E-state index contributed by atoms with van der Waals surface area (Å²) in [6, 6.07) is 14.7. The maximum absolute atomic E-state index is 10.8. The Morgan fingerprint density at radius 3 is 2.68 bits per heavy atom. The molecule has 1 heteroatoms. The van der Waals surface area contributed by atoms with E-state index in [9.17, 15) is 5.11 Å². The molecule has 2 aromatic rings. The molecule has 0 aromatic heterocycles. The van der Waals surface area contributed by atoms with Gasteiger partial charge < -0.3 is 5.11 Å². The molecule has 0 spiro atoms. The Hall–Kier alpha value is -1.60. The van der Waals surface area contributed by atoms with Crippen molar-refractivity contribution in [2.75, 3.05) is 0 Å². The van der Waals surface area contributed by atoms with Gasteiger partial charge in [-0.2, -0.15) is 0 Å². The largest absolute Gasteiger partial charge is 0.388 e. The maximum atomic E-state index is 10.8. The lowest BCUT2D eigenvalue weighted by Crippen LogP contribution is -2.10. The van der Waals surface area contributed by atoms with Crippen LogP contribution in [-0.4, -0.2) is 5.11 Å². The monoisotopic (exact) mass is 252 g/mol. The van der Waals surface area contributed by atoms with Crippen molar-refractivity contribution >= 4 is 0 Å². The molecule has 98 valence electrons. The number of aliphatic hydroxyl groups is 1. The van der Waals surface area contributed by atoms with Crippen molar-refractivity contribution in [3.05, 3.63) is 70.3 Å². The van der Waals surface area contributed by atoms with Crippen LogP contribution in [0.3, 0.4) is 0 Å². The number of aryl methyl sites for hydroxylation is 2. The van der Waals surface area contributed by atoms with Gasteiger partial charge in [-0.05, 0) is 54.5 Å². The van der Waals surface area contributed by atoms with Crippen LogP contribution in [0.5, 0.6) is 0 Å². The van der Waals surface area contributed by atoms with E-state index in [0.717, 1.165) is 18.4 Å². The third-order valence-corrected chi connectivity index (χ3v) is 4.53. The van der Waals surface area contributed by atoms with Crippen LogP contribution in [-0.2, 0) is 6.42 Å². The van der Waals surface area contributed by atoms with Gasteiger partial charge in [0.1, 0.15) is 0 Å². The summed E-state index contributed by atoms with van der Waals surface area (Å²) in [5.74, 6) is 0.247. The van der Waals surface area contributed by atoms with Gasteiger partial charge in [0.2, 0.25) is 0 Å². The van der Waals surface area contributed by atoms with Crippen molar-refractivity contribution in [1.82, 2.24) is 0 Å². The predicted molar refractivity (Wildman–Crippen MR) is 78.4 cm³/mol. The first-order valence-corrected chi connectivity index (χ1v) is 7.00. The zero-order valence-electron chi connectivity index (χ0n) is 11.6. The zero-order chi connectivity index (χ0) is 13.4. The third-order valence-electron chi connectivity index (χ3n) is 4.53. The number of hydrogen-bond donors (Lipinski definition) is 1. The van der Waals surface area contributed by atoms with Crippen molar-refractivity contribution in [2.45, 2.75) is 38.7 Å². The van der Waals surface area contributed by atoms with Gasteiger partial charge in [-0.25, -0.2) is 0 Å². The van der Waals surface area contributed by atoms with Crippen molar-refractivity contribution in [2.24, 2.45) is 0 Å². The molecule has 2 atom stereocenters. The Balaban J connectivity index is 1.98. The lowest BCUT2D eigenvalue weighted by Gasteiger charge is -2.22. The van der Waals surface area contributed by atoms with Gasteiger partial charge in [0.05, 0.1) is 6.10 Å². The molecule has 0 amide bonds. The lowest BCUT2D eigenvalue weighted by atomic mass is 9.87. The summed E-state index contributed by atoms with van der Waals surface area (Å²) in [5.41, 5.74) is 6.29. The Morgan fingerprint density at radius 1 is 1.05 bits per heavy atom. The van der Waals surface area contributed by atoms with E-state index in [0.29, 0.717) is 0 Å². The van der Waals surface area contributed by atoms with Crippen molar-refractivity contribution in [3.63, 3.8) is 0 Å². The first-order chi connectivity index (χ1) is 9.18. The normalized spacial score (nSPS) is 19.2. The average Bonchev–Trinajstić information content (AvgIpc) is 2.85. The molecular weight excluding hydrogens is 232 g/mol. The standard InChI is InChI=1S/C18H20O/c1-12-6-5-9-15(13(12)2)18(19)17-11-10-14-7-3-4-8-16(14)17/h3-9,17-19H,10-11H2,1-2H3. The summed E-state index contributed by atoms with van der Waals surface area (Å²) in [6.45, 7) is 4.21. The second kappa shape index (κ2) is 4.82. The molecule has 0 fully saturated rings. The minimum absolute atomic E-state index is 0.247. The molecule has 0 aliphatic heterocycles. The highest BCUT2D eigenvalue weighted by atomic mass is 16.3. The van der Waals surface area contributed by atoms with E-state index in [4.69, 9.17) is 0 Å². The summed E-state index contributed by atoms with van der Waals surface area (Å²) in [7, 11) is 0. The highest BCUT2D eigenvalue weighted by Gasteiger charge is 2.29. The summed E-state index contributed by atoms with van der Waals surface area (Å²) >= 11 is 0. The Morgan fingerprint density at radius 2 is 1.84 bits per heavy atom. The minimum atomic E-state index is -0.386. The summed E-state index contributed by atoms with van der Waals surface area (Å²) in [4.78, 5) is 0. The van der Waals surface area contributed by atoms with E-state index in [1.807, 2.05) is 6.07 Å². The van der Waals surface area contributed by atoms with Crippen LogP contribution in [0.2, 0.25) is 0 Å². The smallest absolute Gasteiger partial charge is 0.0861 e. The highest BCUT2D eigenvalue weighted by Crippen LogP contribution is 2.42. The molecule has 1 aliphatic rings. The van der Waals surface area contributed by atoms with Gasteiger partial charge in [0.25, 0.3) is 0 Å². The molecule has 0 saturated heterocycles. The first kappa shape index (κ1) is 12.4. The molecule has 0 bridgehead atoms. The summed E-state index contributed by atoms with van der Waals surface area (Å²) < 4.78 is 0. The number of rotatable bonds is 2. The van der Waals surface area contributed by atoms with Crippen molar-refractivity contribution in [3.8, 4) is 0 Å². The molecule has 3 rings (SSSR count). The van der Waals surface area contributed by atoms with Crippen LogP contribution in [0, 0.1) is 13.8 Å². The van der Waals surface area contributed by atoms with Gasteiger partial charge in [-0.15, -0.1) is 0 Å². The van der Waals surface area contributed by atoms with E-state index in [1.54, 1.807) is 0 Å². The fraction of sp³-hybridized carbons (Fsp3) is 0.333. The Bertz CT molecular complexity index is 600. The predicted octanol–water partition coefficient (Wildman–Crippen LogP) is 4.07. The second-order valence-electron chi connectivity index (χ2n) is 5.58. The molecule has 0 radical (unpaired) electrons. The van der Waals surface area contributed by atoms with Crippen molar-refractivity contribution < 1.29 is 5.11 Å². The maximum Gasteiger partial charge on any atom is 0.0861 e. The van der Waals surface area contributed by atoms with Crippen LogP contribution in [0.4, 0.5) is 0 Å². The van der Waals surface area contributed by atoms with Gasteiger partial charge in [-0.3, -0.25) is 0 Å². The third kappa shape index (κ3) is 2.08. The molecule has 0 saturated carbocycles. The number of hydrogen-bond acceptors (Lipinski definition) is 1. The van der Waals surface area contributed by atoms with E-state index < -0.39 is 0 Å². The van der Waals surface area contributed by atoms with Gasteiger partial charge in [-0.1, -0.05) is 42.5 Å². The van der Waals surface area contributed by atoms with Crippen LogP contribution >= 0.6 is 0 Å². The molecular formula is C18H20O. The van der Waals surface area contributed by atoms with Gasteiger partial charge in [0, 0.05) is 5.92 Å². The molecule has 1 nitrogen and oxygen atoms in total. The average molecular weight is 252 g/mol. The Kier molecular flexibility index (Phi) is 3.16. The number of fused-ring (bicyclic) bond motifs is 1. The van der Waals surface area contributed by atoms with Crippen molar-refractivity contribution in [1.29, 1.82) is 0 Å². The van der Waals surface area contributed by atoms with Gasteiger partial charge >= 0.3 is 0 Å².